The van der Waals surface area contributed by atoms with Gasteiger partial charge in [-0.25, -0.2) is 4.68 Å². The number of rotatable bonds is 8. The summed E-state index contributed by atoms with van der Waals surface area (Å²) in [6.45, 7) is 4.66. The maximum Gasteiger partial charge on any atom is 0.257 e. The molecule has 0 spiro atoms. The minimum atomic E-state index is -0.267. The second-order valence-corrected chi connectivity index (χ2v) is 6.94. The predicted octanol–water partition coefficient (Wildman–Crippen LogP) is 4.56. The molecule has 1 amide bonds. The quantitative estimate of drug-likeness (QED) is 0.732. The highest BCUT2D eigenvalue weighted by molar-refractivity contribution is 6.32. The Morgan fingerprint density at radius 2 is 2.23 bits per heavy atom. The van der Waals surface area contributed by atoms with Gasteiger partial charge < -0.3 is 14.8 Å². The molecular formula is C19H24ClN3O3. The van der Waals surface area contributed by atoms with Crippen molar-refractivity contribution in [3.05, 3.63) is 35.0 Å². The van der Waals surface area contributed by atoms with Gasteiger partial charge in [0.15, 0.2) is 11.5 Å². The second-order valence-electron chi connectivity index (χ2n) is 6.53. The van der Waals surface area contributed by atoms with Crippen molar-refractivity contribution in [2.45, 2.75) is 39.2 Å². The summed E-state index contributed by atoms with van der Waals surface area (Å²) in [4.78, 5) is 12.7. The van der Waals surface area contributed by atoms with Crippen molar-refractivity contribution in [1.29, 1.82) is 0 Å². The van der Waals surface area contributed by atoms with Gasteiger partial charge >= 0.3 is 0 Å². The third-order valence-electron chi connectivity index (χ3n) is 4.54. The van der Waals surface area contributed by atoms with Crippen molar-refractivity contribution < 1.29 is 14.3 Å². The Hall–Kier alpha value is -2.21. The summed E-state index contributed by atoms with van der Waals surface area (Å²) in [6, 6.07) is 5.30. The molecular weight excluding hydrogens is 354 g/mol. The van der Waals surface area contributed by atoms with Gasteiger partial charge in [0.1, 0.15) is 5.82 Å². The van der Waals surface area contributed by atoms with Crippen LogP contribution >= 0.6 is 11.6 Å². The van der Waals surface area contributed by atoms with E-state index in [4.69, 9.17) is 21.1 Å². The molecule has 1 aliphatic carbocycles. The topological polar surface area (TPSA) is 65.4 Å². The number of nitrogens with zero attached hydrogens (tertiary/aromatic N) is 2. The molecule has 1 atom stereocenters. The number of amides is 1. The van der Waals surface area contributed by atoms with Gasteiger partial charge in [-0.15, -0.1) is 0 Å². The van der Waals surface area contributed by atoms with Crippen LogP contribution in [0.1, 0.15) is 49.5 Å². The van der Waals surface area contributed by atoms with Crippen LogP contribution in [-0.4, -0.2) is 29.4 Å². The van der Waals surface area contributed by atoms with Crippen LogP contribution < -0.4 is 14.8 Å². The van der Waals surface area contributed by atoms with E-state index in [1.807, 2.05) is 11.6 Å². The molecule has 3 rings (SSSR count). The standard InChI is InChI=1S/C19H24ClN3O3/c1-4-9-26-18-15(20)10-14(11-16(18)25-3)19(24)22-17-7-8-21-23(17)12(2)13-5-6-13/h7-8,10-13H,4-6,9H2,1-3H3,(H,22,24). The molecule has 1 N–H and O–H groups in total. The number of ether oxygens (including phenoxy) is 2. The number of carbonyl (C=O) groups is 1. The zero-order chi connectivity index (χ0) is 18.7. The number of benzene rings is 1. The van der Waals surface area contributed by atoms with E-state index < -0.39 is 0 Å². The number of anilines is 1. The zero-order valence-electron chi connectivity index (χ0n) is 15.3. The van der Waals surface area contributed by atoms with Gasteiger partial charge in [0, 0.05) is 11.6 Å². The first-order valence-corrected chi connectivity index (χ1v) is 9.28. The van der Waals surface area contributed by atoms with Crippen molar-refractivity contribution in [2.75, 3.05) is 19.0 Å². The number of aromatic nitrogens is 2. The molecule has 1 saturated carbocycles. The van der Waals surface area contributed by atoms with Crippen molar-refractivity contribution in [1.82, 2.24) is 9.78 Å². The van der Waals surface area contributed by atoms with Crippen LogP contribution in [0.4, 0.5) is 5.82 Å². The van der Waals surface area contributed by atoms with Crippen molar-refractivity contribution >= 4 is 23.3 Å². The Kier molecular flexibility index (Phi) is 5.71. The zero-order valence-corrected chi connectivity index (χ0v) is 16.0. The van der Waals surface area contributed by atoms with E-state index in [2.05, 4.69) is 17.3 Å². The van der Waals surface area contributed by atoms with Gasteiger partial charge in [0.2, 0.25) is 0 Å². The van der Waals surface area contributed by atoms with Crippen LogP contribution in [0.2, 0.25) is 5.02 Å². The fourth-order valence-electron chi connectivity index (χ4n) is 2.90. The number of nitrogens with one attached hydrogen (secondary N) is 1. The van der Waals surface area contributed by atoms with Crippen LogP contribution in [0.25, 0.3) is 0 Å². The molecule has 7 heteroatoms. The summed E-state index contributed by atoms with van der Waals surface area (Å²) in [5.74, 6) is 1.94. The average Bonchev–Trinajstić information content (AvgIpc) is 3.39. The summed E-state index contributed by atoms with van der Waals surface area (Å²) in [5.41, 5.74) is 0.405. The Labute approximate surface area is 158 Å². The first-order chi connectivity index (χ1) is 12.5. The summed E-state index contributed by atoms with van der Waals surface area (Å²) in [5, 5.41) is 7.62. The van der Waals surface area contributed by atoms with Gasteiger partial charge in [-0.05, 0) is 44.2 Å². The largest absolute Gasteiger partial charge is 0.493 e. The number of halogens is 1. The predicted molar refractivity (Wildman–Crippen MR) is 101 cm³/mol. The van der Waals surface area contributed by atoms with Crippen LogP contribution in [0.15, 0.2) is 24.4 Å². The van der Waals surface area contributed by atoms with E-state index in [-0.39, 0.29) is 11.9 Å². The van der Waals surface area contributed by atoms with E-state index in [1.165, 1.54) is 20.0 Å². The molecule has 2 aromatic rings. The lowest BCUT2D eigenvalue weighted by Gasteiger charge is -2.16. The third-order valence-corrected chi connectivity index (χ3v) is 4.82. The van der Waals surface area contributed by atoms with E-state index in [1.54, 1.807) is 24.4 Å². The summed E-state index contributed by atoms with van der Waals surface area (Å²) in [7, 11) is 1.53. The van der Waals surface area contributed by atoms with E-state index in [0.717, 1.165) is 6.42 Å². The monoisotopic (exact) mass is 377 g/mol. The van der Waals surface area contributed by atoms with Crippen LogP contribution in [-0.2, 0) is 0 Å². The van der Waals surface area contributed by atoms with Crippen LogP contribution in [0.5, 0.6) is 11.5 Å². The molecule has 140 valence electrons. The molecule has 0 aliphatic heterocycles. The Morgan fingerprint density at radius 3 is 2.88 bits per heavy atom. The lowest BCUT2D eigenvalue weighted by Crippen LogP contribution is -2.18. The number of methoxy groups -OCH3 is 1. The SMILES string of the molecule is CCCOc1c(Cl)cc(C(=O)Nc2ccnn2C(C)C2CC2)cc1OC. The summed E-state index contributed by atoms with van der Waals surface area (Å²) >= 11 is 6.30. The Balaban J connectivity index is 1.80. The smallest absolute Gasteiger partial charge is 0.257 e. The normalized spacial score (nSPS) is 14.8. The Morgan fingerprint density at radius 1 is 1.46 bits per heavy atom. The van der Waals surface area contributed by atoms with Crippen LogP contribution in [0, 0.1) is 5.92 Å². The maximum absolute atomic E-state index is 12.7. The molecule has 6 nitrogen and oxygen atoms in total. The molecule has 1 aliphatic rings. The molecule has 1 heterocycles. The van der Waals surface area contributed by atoms with Gasteiger partial charge in [-0.2, -0.15) is 5.10 Å². The van der Waals surface area contributed by atoms with Crippen molar-refractivity contribution in [2.24, 2.45) is 5.92 Å². The highest BCUT2D eigenvalue weighted by atomic mass is 35.5. The number of carbonyl (C=O) groups excluding carboxylic acids is 1. The molecule has 1 fully saturated rings. The van der Waals surface area contributed by atoms with Gasteiger partial charge in [-0.3, -0.25) is 4.79 Å². The Bertz CT molecular complexity index is 786. The fourth-order valence-corrected chi connectivity index (χ4v) is 3.16. The highest BCUT2D eigenvalue weighted by Crippen LogP contribution is 2.40. The molecule has 0 saturated heterocycles. The first-order valence-electron chi connectivity index (χ1n) is 8.90. The summed E-state index contributed by atoms with van der Waals surface area (Å²) in [6.07, 6.45) is 4.97. The molecule has 1 aromatic carbocycles. The number of hydrogen-bond donors (Lipinski definition) is 1. The van der Waals surface area contributed by atoms with E-state index >= 15 is 0 Å². The molecule has 0 radical (unpaired) electrons. The third kappa shape index (κ3) is 3.96. The second kappa shape index (κ2) is 7.99. The minimum Gasteiger partial charge on any atom is -0.493 e. The van der Waals surface area contributed by atoms with Gasteiger partial charge in [-0.1, -0.05) is 18.5 Å². The number of hydrogen-bond acceptors (Lipinski definition) is 4. The highest BCUT2D eigenvalue weighted by Gasteiger charge is 2.31. The molecule has 1 aromatic heterocycles. The maximum atomic E-state index is 12.7. The lowest BCUT2D eigenvalue weighted by atomic mass is 10.2. The van der Waals surface area contributed by atoms with Gasteiger partial charge in [0.25, 0.3) is 5.91 Å². The van der Waals surface area contributed by atoms with Crippen molar-refractivity contribution in [3.63, 3.8) is 0 Å². The lowest BCUT2D eigenvalue weighted by molar-refractivity contribution is 0.102. The van der Waals surface area contributed by atoms with Gasteiger partial charge in [0.05, 0.1) is 31.0 Å². The first kappa shape index (κ1) is 18.6. The van der Waals surface area contributed by atoms with E-state index in [0.29, 0.717) is 40.4 Å². The minimum absolute atomic E-state index is 0.267. The molecule has 1 unspecified atom stereocenters. The average molecular weight is 378 g/mol. The van der Waals surface area contributed by atoms with Crippen LogP contribution in [0.3, 0.4) is 0 Å². The fraction of sp³-hybridized carbons (Fsp3) is 0.474. The van der Waals surface area contributed by atoms with Crippen molar-refractivity contribution in [3.8, 4) is 11.5 Å². The molecule has 0 bridgehead atoms. The molecule has 26 heavy (non-hydrogen) atoms. The van der Waals surface area contributed by atoms with E-state index in [9.17, 15) is 4.79 Å². The summed E-state index contributed by atoms with van der Waals surface area (Å²) < 4.78 is 12.8.